The summed E-state index contributed by atoms with van der Waals surface area (Å²) in [6.45, 7) is 0.245. The van der Waals surface area contributed by atoms with Crippen LogP contribution in [0.3, 0.4) is 0 Å². The van der Waals surface area contributed by atoms with Crippen molar-refractivity contribution in [3.8, 4) is 23.1 Å². The van der Waals surface area contributed by atoms with Gasteiger partial charge in [-0.05, 0) is 18.2 Å². The van der Waals surface area contributed by atoms with E-state index in [1.54, 1.807) is 24.4 Å². The number of hydrogen-bond acceptors (Lipinski definition) is 4. The number of alkyl halides is 1. The first-order chi connectivity index (χ1) is 8.86. The Kier molecular flexibility index (Phi) is 2.94. The Morgan fingerprint density at radius 2 is 2.11 bits per heavy atom. The zero-order valence-corrected chi connectivity index (χ0v) is 10.2. The molecule has 0 saturated heterocycles. The molecule has 92 valence electrons. The lowest BCUT2D eigenvalue weighted by Crippen LogP contribution is -1.93. The fourth-order valence-corrected chi connectivity index (χ4v) is 1.87. The van der Waals surface area contributed by atoms with Gasteiger partial charge < -0.3 is 14.2 Å². The molecule has 1 aromatic carbocycles. The number of pyridine rings is 1. The zero-order chi connectivity index (χ0) is 12.4. The maximum atomic E-state index is 5.83. The average Bonchev–Trinajstić information content (AvgIpc) is 2.87. The molecule has 4 nitrogen and oxygen atoms in total. The van der Waals surface area contributed by atoms with E-state index in [0.29, 0.717) is 23.3 Å². The van der Waals surface area contributed by atoms with Gasteiger partial charge in [-0.25, -0.2) is 4.98 Å². The Morgan fingerprint density at radius 3 is 3.00 bits per heavy atom. The zero-order valence-electron chi connectivity index (χ0n) is 9.43. The van der Waals surface area contributed by atoms with Crippen molar-refractivity contribution >= 4 is 11.6 Å². The van der Waals surface area contributed by atoms with Gasteiger partial charge in [-0.1, -0.05) is 6.07 Å². The number of halogens is 1. The molecule has 0 amide bonds. The Balaban J connectivity index is 1.88. The van der Waals surface area contributed by atoms with Crippen LogP contribution in [0.15, 0.2) is 36.5 Å². The maximum Gasteiger partial charge on any atom is 0.231 e. The summed E-state index contributed by atoms with van der Waals surface area (Å²) < 4.78 is 16.2. The molecule has 3 rings (SSSR count). The highest BCUT2D eigenvalue weighted by molar-refractivity contribution is 6.17. The van der Waals surface area contributed by atoms with Crippen molar-refractivity contribution in [2.75, 3.05) is 6.79 Å². The Hall–Kier alpha value is -1.94. The minimum Gasteiger partial charge on any atom is -0.454 e. The molecule has 0 aliphatic carbocycles. The van der Waals surface area contributed by atoms with Gasteiger partial charge in [0.05, 0.1) is 5.88 Å². The molecule has 0 N–H and O–H groups in total. The van der Waals surface area contributed by atoms with Crippen LogP contribution in [-0.2, 0) is 5.88 Å². The van der Waals surface area contributed by atoms with E-state index in [1.165, 1.54) is 0 Å². The van der Waals surface area contributed by atoms with E-state index < -0.39 is 0 Å². The molecule has 0 bridgehead atoms. The number of rotatable bonds is 3. The summed E-state index contributed by atoms with van der Waals surface area (Å²) in [6.07, 6.45) is 1.67. The van der Waals surface area contributed by atoms with Gasteiger partial charge >= 0.3 is 0 Å². The van der Waals surface area contributed by atoms with Crippen molar-refractivity contribution in [3.63, 3.8) is 0 Å². The number of ether oxygens (including phenoxy) is 3. The van der Waals surface area contributed by atoms with Gasteiger partial charge in [-0.3, -0.25) is 0 Å². The summed E-state index contributed by atoms with van der Waals surface area (Å²) in [4.78, 5) is 4.16. The molecule has 0 unspecified atom stereocenters. The summed E-state index contributed by atoms with van der Waals surface area (Å²) in [7, 11) is 0. The van der Waals surface area contributed by atoms with Gasteiger partial charge in [0.1, 0.15) is 5.75 Å². The van der Waals surface area contributed by atoms with E-state index in [1.807, 2.05) is 12.1 Å². The van der Waals surface area contributed by atoms with E-state index in [4.69, 9.17) is 25.8 Å². The highest BCUT2D eigenvalue weighted by Crippen LogP contribution is 2.36. The monoisotopic (exact) mass is 263 g/mol. The molecule has 2 aromatic rings. The molecule has 0 atom stereocenters. The number of aromatic nitrogens is 1. The summed E-state index contributed by atoms with van der Waals surface area (Å²) >= 11 is 5.83. The van der Waals surface area contributed by atoms with Crippen molar-refractivity contribution in [1.82, 2.24) is 4.98 Å². The molecule has 1 aromatic heterocycles. The summed E-state index contributed by atoms with van der Waals surface area (Å²) in [6, 6.07) is 9.09. The highest BCUT2D eigenvalue weighted by Gasteiger charge is 2.14. The van der Waals surface area contributed by atoms with Crippen LogP contribution in [0.4, 0.5) is 0 Å². The third-order valence-corrected chi connectivity index (χ3v) is 2.84. The van der Waals surface area contributed by atoms with E-state index in [9.17, 15) is 0 Å². The lowest BCUT2D eigenvalue weighted by molar-refractivity contribution is 0.174. The van der Waals surface area contributed by atoms with Crippen LogP contribution in [-0.4, -0.2) is 11.8 Å². The number of nitrogens with zero attached hydrogens (tertiary/aromatic N) is 1. The summed E-state index contributed by atoms with van der Waals surface area (Å²) in [5.74, 6) is 2.90. The van der Waals surface area contributed by atoms with Crippen LogP contribution in [0.1, 0.15) is 5.56 Å². The standard InChI is InChI=1S/C13H10ClNO3/c14-7-9-2-1-5-15-13(9)18-10-3-4-11-12(6-10)17-8-16-11/h1-6H,7-8H2. The molecule has 2 heterocycles. The van der Waals surface area contributed by atoms with E-state index in [2.05, 4.69) is 4.98 Å². The molecule has 18 heavy (non-hydrogen) atoms. The third kappa shape index (κ3) is 2.07. The molecule has 1 aliphatic rings. The van der Waals surface area contributed by atoms with E-state index in [-0.39, 0.29) is 6.79 Å². The smallest absolute Gasteiger partial charge is 0.231 e. The van der Waals surface area contributed by atoms with Crippen molar-refractivity contribution in [2.45, 2.75) is 5.88 Å². The first-order valence-corrected chi connectivity index (χ1v) is 5.97. The largest absolute Gasteiger partial charge is 0.454 e. The molecule has 0 spiro atoms. The molecule has 5 heteroatoms. The van der Waals surface area contributed by atoms with Crippen LogP contribution < -0.4 is 14.2 Å². The van der Waals surface area contributed by atoms with Crippen LogP contribution in [0, 0.1) is 0 Å². The summed E-state index contributed by atoms with van der Waals surface area (Å²) in [5, 5.41) is 0. The van der Waals surface area contributed by atoms with Gasteiger partial charge in [-0.2, -0.15) is 0 Å². The van der Waals surface area contributed by atoms with Crippen molar-refractivity contribution in [2.24, 2.45) is 0 Å². The number of hydrogen-bond donors (Lipinski definition) is 0. The molecule has 0 fully saturated rings. The Bertz CT molecular complexity index is 574. The van der Waals surface area contributed by atoms with Crippen LogP contribution >= 0.6 is 11.6 Å². The second-order valence-corrected chi connectivity index (χ2v) is 3.99. The minimum absolute atomic E-state index is 0.245. The van der Waals surface area contributed by atoms with Crippen molar-refractivity contribution in [1.29, 1.82) is 0 Å². The second kappa shape index (κ2) is 4.74. The minimum atomic E-state index is 0.245. The van der Waals surface area contributed by atoms with Gasteiger partial charge in [0.2, 0.25) is 12.7 Å². The van der Waals surface area contributed by atoms with Gasteiger partial charge in [0, 0.05) is 17.8 Å². The first-order valence-electron chi connectivity index (χ1n) is 5.44. The molecular weight excluding hydrogens is 254 g/mol. The second-order valence-electron chi connectivity index (χ2n) is 3.72. The van der Waals surface area contributed by atoms with E-state index >= 15 is 0 Å². The number of benzene rings is 1. The average molecular weight is 264 g/mol. The highest BCUT2D eigenvalue weighted by atomic mass is 35.5. The fourth-order valence-electron chi connectivity index (χ4n) is 1.67. The molecule has 0 radical (unpaired) electrons. The predicted molar refractivity (Wildman–Crippen MR) is 66.4 cm³/mol. The van der Waals surface area contributed by atoms with Gasteiger partial charge in [-0.15, -0.1) is 11.6 Å². The van der Waals surface area contributed by atoms with Crippen LogP contribution in [0.5, 0.6) is 23.1 Å². The third-order valence-electron chi connectivity index (χ3n) is 2.55. The Labute approximate surface area is 109 Å². The quantitative estimate of drug-likeness (QED) is 0.797. The predicted octanol–water partition coefficient (Wildman–Crippen LogP) is 3.34. The fraction of sp³-hybridized carbons (Fsp3) is 0.154. The number of fused-ring (bicyclic) bond motifs is 1. The molecule has 0 saturated carbocycles. The Morgan fingerprint density at radius 1 is 1.22 bits per heavy atom. The maximum absolute atomic E-state index is 5.83. The van der Waals surface area contributed by atoms with Crippen molar-refractivity contribution in [3.05, 3.63) is 42.1 Å². The van der Waals surface area contributed by atoms with Crippen LogP contribution in [0.25, 0.3) is 0 Å². The molecular formula is C13H10ClNO3. The van der Waals surface area contributed by atoms with Crippen LogP contribution in [0.2, 0.25) is 0 Å². The van der Waals surface area contributed by atoms with Gasteiger partial charge in [0.15, 0.2) is 11.5 Å². The normalized spacial score (nSPS) is 12.5. The SMILES string of the molecule is ClCc1cccnc1Oc1ccc2c(c1)OCO2. The topological polar surface area (TPSA) is 40.6 Å². The van der Waals surface area contributed by atoms with E-state index in [0.717, 1.165) is 11.3 Å². The first kappa shape index (κ1) is 11.2. The van der Waals surface area contributed by atoms with Crippen molar-refractivity contribution < 1.29 is 14.2 Å². The lowest BCUT2D eigenvalue weighted by Gasteiger charge is -2.08. The van der Waals surface area contributed by atoms with Gasteiger partial charge in [0.25, 0.3) is 0 Å². The summed E-state index contributed by atoms with van der Waals surface area (Å²) in [5.41, 5.74) is 0.844. The molecule has 1 aliphatic heterocycles. The lowest BCUT2D eigenvalue weighted by atomic mass is 10.3.